The molecule has 1 aromatic rings. The van der Waals surface area contributed by atoms with Crippen LogP contribution in [0.25, 0.3) is 0 Å². The van der Waals surface area contributed by atoms with Gasteiger partial charge in [-0.3, -0.25) is 9.59 Å². The van der Waals surface area contributed by atoms with Gasteiger partial charge < -0.3 is 16.2 Å². The van der Waals surface area contributed by atoms with Gasteiger partial charge in [0.2, 0.25) is 5.91 Å². The lowest BCUT2D eigenvalue weighted by molar-refractivity contribution is -0.137. The molecule has 0 aliphatic carbocycles. The van der Waals surface area contributed by atoms with Crippen LogP contribution in [-0.2, 0) is 16.0 Å². The van der Waals surface area contributed by atoms with Crippen LogP contribution in [0.1, 0.15) is 25.8 Å². The van der Waals surface area contributed by atoms with Crippen LogP contribution in [-0.4, -0.2) is 23.0 Å². The molecule has 1 atom stereocenters. The van der Waals surface area contributed by atoms with Gasteiger partial charge in [0.05, 0.1) is 6.04 Å². The average Bonchev–Trinajstić information content (AvgIpc) is 2.36. The van der Waals surface area contributed by atoms with Crippen molar-refractivity contribution < 1.29 is 14.7 Å². The molecule has 5 nitrogen and oxygen atoms in total. The molecule has 0 bridgehead atoms. The van der Waals surface area contributed by atoms with E-state index in [1.807, 2.05) is 13.8 Å². The van der Waals surface area contributed by atoms with Crippen molar-refractivity contribution in [1.29, 1.82) is 0 Å². The first-order valence-corrected chi connectivity index (χ1v) is 6.27. The third-order valence-electron chi connectivity index (χ3n) is 2.87. The number of carbonyl (C=O) groups is 2. The average molecular weight is 264 g/mol. The summed E-state index contributed by atoms with van der Waals surface area (Å²) in [5.74, 6) is -0.955. The molecule has 0 saturated heterocycles. The second-order valence-electron chi connectivity index (χ2n) is 4.85. The lowest BCUT2D eigenvalue weighted by atomic mass is 10.0. The molecule has 0 saturated carbocycles. The number of carboxylic acid groups (broad SMARTS) is 1. The summed E-state index contributed by atoms with van der Waals surface area (Å²) in [6, 6.07) is 6.58. The van der Waals surface area contributed by atoms with Gasteiger partial charge in [-0.15, -0.1) is 0 Å². The van der Waals surface area contributed by atoms with Crippen LogP contribution in [0.15, 0.2) is 24.3 Å². The van der Waals surface area contributed by atoms with Gasteiger partial charge in [-0.1, -0.05) is 26.0 Å². The van der Waals surface area contributed by atoms with Crippen molar-refractivity contribution >= 4 is 17.6 Å². The molecule has 5 heteroatoms. The summed E-state index contributed by atoms with van der Waals surface area (Å²) in [5.41, 5.74) is 7.33. The number of aryl methyl sites for hydroxylation is 1. The van der Waals surface area contributed by atoms with E-state index < -0.39 is 12.0 Å². The van der Waals surface area contributed by atoms with Gasteiger partial charge >= 0.3 is 5.97 Å². The van der Waals surface area contributed by atoms with Crippen LogP contribution in [0.2, 0.25) is 0 Å². The first kappa shape index (κ1) is 15.2. The van der Waals surface area contributed by atoms with Crippen molar-refractivity contribution in [3.63, 3.8) is 0 Å². The van der Waals surface area contributed by atoms with E-state index in [9.17, 15) is 9.59 Å². The summed E-state index contributed by atoms with van der Waals surface area (Å²) in [4.78, 5) is 22.2. The molecule has 4 N–H and O–H groups in total. The van der Waals surface area contributed by atoms with Crippen molar-refractivity contribution in [3.05, 3.63) is 29.8 Å². The molecule has 0 aliphatic rings. The SMILES string of the molecule is CC(C)C(N)C(=O)Nc1ccc(CCC(=O)O)cc1. The summed E-state index contributed by atoms with van der Waals surface area (Å²) in [5, 5.41) is 11.3. The summed E-state index contributed by atoms with van der Waals surface area (Å²) in [7, 11) is 0. The molecule has 0 fully saturated rings. The predicted molar refractivity (Wildman–Crippen MR) is 73.8 cm³/mol. The van der Waals surface area contributed by atoms with Crippen LogP contribution < -0.4 is 11.1 Å². The number of nitrogens with two attached hydrogens (primary N) is 1. The number of aliphatic carboxylic acids is 1. The monoisotopic (exact) mass is 264 g/mol. The first-order chi connectivity index (χ1) is 8.90. The number of anilines is 1. The van der Waals surface area contributed by atoms with Crippen molar-refractivity contribution in [1.82, 2.24) is 0 Å². The molecule has 0 radical (unpaired) electrons. The van der Waals surface area contributed by atoms with Crippen LogP contribution in [0.5, 0.6) is 0 Å². The first-order valence-electron chi connectivity index (χ1n) is 6.27. The van der Waals surface area contributed by atoms with Gasteiger partial charge in [-0.25, -0.2) is 0 Å². The molecule has 1 amide bonds. The summed E-state index contributed by atoms with van der Waals surface area (Å²) in [6.45, 7) is 3.78. The summed E-state index contributed by atoms with van der Waals surface area (Å²) < 4.78 is 0. The van der Waals surface area contributed by atoms with Gasteiger partial charge in [-0.2, -0.15) is 0 Å². The minimum absolute atomic E-state index is 0.0786. The van der Waals surface area contributed by atoms with Crippen LogP contribution >= 0.6 is 0 Å². The zero-order valence-electron chi connectivity index (χ0n) is 11.2. The van der Waals surface area contributed by atoms with E-state index in [1.165, 1.54) is 0 Å². The van der Waals surface area contributed by atoms with Crippen molar-refractivity contribution in [2.24, 2.45) is 11.7 Å². The Morgan fingerprint density at radius 2 is 1.84 bits per heavy atom. The molecule has 0 aliphatic heterocycles. The van der Waals surface area contributed by atoms with E-state index in [0.29, 0.717) is 12.1 Å². The smallest absolute Gasteiger partial charge is 0.303 e. The van der Waals surface area contributed by atoms with Gasteiger partial charge in [-0.05, 0) is 30.0 Å². The number of hydrogen-bond donors (Lipinski definition) is 3. The zero-order valence-corrected chi connectivity index (χ0v) is 11.2. The number of benzene rings is 1. The van der Waals surface area contributed by atoms with Crippen LogP contribution in [0, 0.1) is 5.92 Å². The van der Waals surface area contributed by atoms with Crippen LogP contribution in [0.3, 0.4) is 0 Å². The van der Waals surface area contributed by atoms with Gasteiger partial charge in [0.1, 0.15) is 0 Å². The van der Waals surface area contributed by atoms with Gasteiger partial charge in [0, 0.05) is 12.1 Å². The fraction of sp³-hybridized carbons (Fsp3) is 0.429. The topological polar surface area (TPSA) is 92.4 Å². The minimum atomic E-state index is -0.819. The number of carboxylic acids is 1. The van der Waals surface area contributed by atoms with Crippen molar-refractivity contribution in [2.45, 2.75) is 32.7 Å². The number of nitrogens with one attached hydrogen (secondary N) is 1. The Labute approximate surface area is 112 Å². The minimum Gasteiger partial charge on any atom is -0.481 e. The quantitative estimate of drug-likeness (QED) is 0.728. The molecule has 104 valence electrons. The maximum absolute atomic E-state index is 11.7. The fourth-order valence-corrected chi connectivity index (χ4v) is 1.53. The van der Waals surface area contributed by atoms with E-state index in [1.54, 1.807) is 24.3 Å². The van der Waals surface area contributed by atoms with E-state index in [0.717, 1.165) is 5.56 Å². The normalized spacial score (nSPS) is 12.2. The molecular weight excluding hydrogens is 244 g/mol. The molecule has 19 heavy (non-hydrogen) atoms. The Kier molecular flexibility index (Phi) is 5.51. The summed E-state index contributed by atoms with van der Waals surface area (Å²) >= 11 is 0. The molecule has 1 aromatic carbocycles. The fourth-order valence-electron chi connectivity index (χ4n) is 1.53. The number of amides is 1. The lowest BCUT2D eigenvalue weighted by Crippen LogP contribution is -2.39. The second-order valence-corrected chi connectivity index (χ2v) is 4.85. The van der Waals surface area contributed by atoms with E-state index in [-0.39, 0.29) is 18.2 Å². The third-order valence-corrected chi connectivity index (χ3v) is 2.87. The maximum Gasteiger partial charge on any atom is 0.303 e. The Morgan fingerprint density at radius 1 is 1.26 bits per heavy atom. The van der Waals surface area contributed by atoms with Crippen molar-refractivity contribution in [2.75, 3.05) is 5.32 Å². The number of rotatable bonds is 6. The Hall–Kier alpha value is -1.88. The molecule has 0 spiro atoms. The lowest BCUT2D eigenvalue weighted by Gasteiger charge is -2.15. The highest BCUT2D eigenvalue weighted by atomic mass is 16.4. The Bertz CT molecular complexity index is 441. The van der Waals surface area contributed by atoms with Gasteiger partial charge in [0.25, 0.3) is 0 Å². The number of carbonyl (C=O) groups excluding carboxylic acids is 1. The molecule has 0 heterocycles. The van der Waals surface area contributed by atoms with E-state index in [2.05, 4.69) is 5.32 Å². The summed E-state index contributed by atoms with van der Waals surface area (Å²) in [6.07, 6.45) is 0.582. The van der Waals surface area contributed by atoms with E-state index in [4.69, 9.17) is 10.8 Å². The maximum atomic E-state index is 11.7. The Balaban J connectivity index is 2.57. The number of hydrogen-bond acceptors (Lipinski definition) is 3. The molecule has 1 unspecified atom stereocenters. The Morgan fingerprint density at radius 3 is 2.32 bits per heavy atom. The van der Waals surface area contributed by atoms with Gasteiger partial charge in [0.15, 0.2) is 0 Å². The standard InChI is InChI=1S/C14H20N2O3/c1-9(2)13(15)14(19)16-11-6-3-10(4-7-11)5-8-12(17)18/h3-4,6-7,9,13H,5,8,15H2,1-2H3,(H,16,19)(H,17,18). The molecule has 1 rings (SSSR count). The predicted octanol–water partition coefficient (Wildman–Crippen LogP) is 1.63. The van der Waals surface area contributed by atoms with Crippen LogP contribution in [0.4, 0.5) is 5.69 Å². The highest BCUT2D eigenvalue weighted by Gasteiger charge is 2.16. The molecule has 0 aromatic heterocycles. The third kappa shape index (κ3) is 5.09. The molecular formula is C14H20N2O3. The van der Waals surface area contributed by atoms with Crippen molar-refractivity contribution in [3.8, 4) is 0 Å². The largest absolute Gasteiger partial charge is 0.481 e. The zero-order chi connectivity index (χ0) is 14.4. The van der Waals surface area contributed by atoms with E-state index >= 15 is 0 Å². The highest BCUT2D eigenvalue weighted by Crippen LogP contribution is 2.12. The second kappa shape index (κ2) is 6.89. The highest BCUT2D eigenvalue weighted by molar-refractivity contribution is 5.94.